The van der Waals surface area contributed by atoms with E-state index in [0.717, 1.165) is 18.2 Å². The fourth-order valence-electron chi connectivity index (χ4n) is 2.79. The molecule has 33 heavy (non-hydrogen) atoms. The molecule has 0 aliphatic carbocycles. The van der Waals surface area contributed by atoms with E-state index in [-0.39, 0.29) is 29.5 Å². The van der Waals surface area contributed by atoms with Crippen LogP contribution in [0.3, 0.4) is 0 Å². The van der Waals surface area contributed by atoms with Crippen molar-refractivity contribution in [2.75, 3.05) is 7.11 Å². The number of nitrogens with one attached hydrogen (secondary N) is 1. The van der Waals surface area contributed by atoms with Gasteiger partial charge in [-0.3, -0.25) is 14.9 Å². The van der Waals surface area contributed by atoms with E-state index in [1.54, 1.807) is 0 Å². The lowest BCUT2D eigenvalue weighted by atomic mass is 10.0. The van der Waals surface area contributed by atoms with Crippen LogP contribution in [0.25, 0.3) is 0 Å². The molecule has 0 saturated heterocycles. The number of nitrogens with zero attached hydrogens (tertiary/aromatic N) is 1. The predicted octanol–water partition coefficient (Wildman–Crippen LogP) is 4.07. The molecule has 8 nitrogen and oxygen atoms in total. The molecule has 2 aromatic carbocycles. The number of hydrogen-bond acceptors (Lipinski definition) is 5. The summed E-state index contributed by atoms with van der Waals surface area (Å²) in [6.45, 7) is 0. The second-order valence-electron chi connectivity index (χ2n) is 6.62. The Bertz CT molecular complexity index is 1050. The second kappa shape index (κ2) is 9.34. The molecule has 0 saturated carbocycles. The van der Waals surface area contributed by atoms with Crippen LogP contribution >= 0.6 is 0 Å². The van der Waals surface area contributed by atoms with E-state index < -0.39 is 64.0 Å². The van der Waals surface area contributed by atoms with Crippen LogP contribution in [0.1, 0.15) is 27.0 Å². The lowest BCUT2D eigenvalue weighted by molar-refractivity contribution is -0.384. The number of ether oxygens (including phenoxy) is 1. The molecule has 0 aromatic heterocycles. The van der Waals surface area contributed by atoms with Crippen molar-refractivity contribution in [3.05, 3.63) is 68.8 Å². The van der Waals surface area contributed by atoms with Crippen LogP contribution in [0.2, 0.25) is 0 Å². The highest BCUT2D eigenvalue weighted by Crippen LogP contribution is 2.36. The summed E-state index contributed by atoms with van der Waals surface area (Å²) in [5, 5.41) is 22.2. The van der Waals surface area contributed by atoms with Gasteiger partial charge in [-0.2, -0.15) is 26.3 Å². The highest BCUT2D eigenvalue weighted by Gasteiger charge is 2.38. The summed E-state index contributed by atoms with van der Waals surface area (Å²) in [6, 6.07) is 1.45. The smallest absolute Gasteiger partial charge is 0.416 e. The van der Waals surface area contributed by atoms with Gasteiger partial charge in [-0.1, -0.05) is 0 Å². The number of non-ortho nitro benzene ring substituents is 1. The number of carboxylic acids is 1. The maximum absolute atomic E-state index is 13.0. The molecule has 14 heteroatoms. The number of halogens is 6. The van der Waals surface area contributed by atoms with Crippen molar-refractivity contribution in [1.29, 1.82) is 0 Å². The maximum Gasteiger partial charge on any atom is 0.416 e. The summed E-state index contributed by atoms with van der Waals surface area (Å²) in [7, 11) is 1.18. The monoisotopic (exact) mass is 480 g/mol. The Morgan fingerprint density at radius 2 is 1.61 bits per heavy atom. The summed E-state index contributed by atoms with van der Waals surface area (Å²) in [6.07, 6.45) is -11.0. The molecule has 0 fully saturated rings. The molecule has 2 N–H and O–H groups in total. The summed E-state index contributed by atoms with van der Waals surface area (Å²) in [5.41, 5.74) is -5.06. The van der Waals surface area contributed by atoms with Gasteiger partial charge >= 0.3 is 18.3 Å². The highest BCUT2D eigenvalue weighted by atomic mass is 19.4. The molecular weight excluding hydrogens is 466 g/mol. The zero-order chi connectivity index (χ0) is 25.1. The number of benzene rings is 2. The van der Waals surface area contributed by atoms with Crippen LogP contribution in [-0.2, 0) is 23.6 Å². The Morgan fingerprint density at radius 3 is 2.03 bits per heavy atom. The average Bonchev–Trinajstić information content (AvgIpc) is 2.71. The van der Waals surface area contributed by atoms with Gasteiger partial charge in [-0.05, 0) is 24.3 Å². The number of carbonyl (C=O) groups excluding carboxylic acids is 1. The van der Waals surface area contributed by atoms with E-state index >= 15 is 0 Å². The summed E-state index contributed by atoms with van der Waals surface area (Å²) < 4.78 is 83.0. The molecule has 0 radical (unpaired) electrons. The average molecular weight is 480 g/mol. The Morgan fingerprint density at radius 1 is 1.06 bits per heavy atom. The Labute approximate surface area is 180 Å². The van der Waals surface area contributed by atoms with Crippen LogP contribution in [-0.4, -0.2) is 35.1 Å². The van der Waals surface area contributed by atoms with Crippen molar-refractivity contribution in [1.82, 2.24) is 5.32 Å². The van der Waals surface area contributed by atoms with Crippen LogP contribution < -0.4 is 10.1 Å². The van der Waals surface area contributed by atoms with E-state index in [1.807, 2.05) is 5.32 Å². The maximum atomic E-state index is 13.0. The Balaban J connectivity index is 2.42. The van der Waals surface area contributed by atoms with Crippen molar-refractivity contribution in [3.63, 3.8) is 0 Å². The van der Waals surface area contributed by atoms with Crippen molar-refractivity contribution < 1.29 is 50.7 Å². The van der Waals surface area contributed by atoms with Crippen molar-refractivity contribution in [2.45, 2.75) is 24.8 Å². The largest absolute Gasteiger partial charge is 0.496 e. The minimum atomic E-state index is -5.21. The molecule has 1 atom stereocenters. The minimum absolute atomic E-state index is 0.0134. The number of amides is 1. The summed E-state index contributed by atoms with van der Waals surface area (Å²) in [5.74, 6) is -3.21. The lowest BCUT2D eigenvalue weighted by Crippen LogP contribution is -2.42. The third-order valence-electron chi connectivity index (χ3n) is 4.35. The molecule has 2 rings (SSSR count). The first-order valence-corrected chi connectivity index (χ1v) is 8.78. The molecule has 0 unspecified atom stereocenters. The molecular formula is C19H14F6N2O6. The van der Waals surface area contributed by atoms with E-state index in [2.05, 4.69) is 0 Å². The van der Waals surface area contributed by atoms with E-state index in [1.165, 1.54) is 7.11 Å². The van der Waals surface area contributed by atoms with Crippen molar-refractivity contribution >= 4 is 17.6 Å². The normalized spacial score (nSPS) is 12.7. The molecule has 0 aliphatic heterocycles. The van der Waals surface area contributed by atoms with Gasteiger partial charge < -0.3 is 15.2 Å². The van der Waals surface area contributed by atoms with E-state index in [0.29, 0.717) is 0 Å². The van der Waals surface area contributed by atoms with Gasteiger partial charge in [0.15, 0.2) is 0 Å². The standard InChI is InChI=1S/C19H14F6N2O6/c1-33-15-3-2-13(27(31)32)6-9(15)7-14(17(29)30)26-16(28)10-4-11(18(20,21)22)8-12(5-10)19(23,24)25/h2-6,8,14H,7H2,1H3,(H,26,28)(H,29,30)/t14-/m0/s1. The fourth-order valence-corrected chi connectivity index (χ4v) is 2.79. The predicted molar refractivity (Wildman–Crippen MR) is 98.7 cm³/mol. The third kappa shape index (κ3) is 6.33. The molecule has 0 aliphatic rings. The topological polar surface area (TPSA) is 119 Å². The first kappa shape index (κ1) is 25.4. The minimum Gasteiger partial charge on any atom is -0.496 e. The van der Waals surface area contributed by atoms with Gasteiger partial charge in [-0.25, -0.2) is 4.79 Å². The SMILES string of the molecule is COc1ccc([N+](=O)[O-])cc1C[C@H](NC(=O)c1cc(C(F)(F)F)cc(C(F)(F)F)c1)C(=O)O. The number of alkyl halides is 6. The number of carbonyl (C=O) groups is 2. The first-order valence-electron chi connectivity index (χ1n) is 8.78. The Hall–Kier alpha value is -3.84. The number of rotatable bonds is 7. The van der Waals surface area contributed by atoms with Crippen LogP contribution in [0.15, 0.2) is 36.4 Å². The molecule has 2 aromatic rings. The number of nitro groups is 1. The summed E-state index contributed by atoms with van der Waals surface area (Å²) >= 11 is 0. The number of methoxy groups -OCH3 is 1. The van der Waals surface area contributed by atoms with E-state index in [4.69, 9.17) is 4.74 Å². The number of aliphatic carboxylic acids is 1. The van der Waals surface area contributed by atoms with Gasteiger partial charge in [0.1, 0.15) is 11.8 Å². The van der Waals surface area contributed by atoms with Gasteiger partial charge in [0.2, 0.25) is 0 Å². The first-order chi connectivity index (χ1) is 15.1. The Kier molecular flexibility index (Phi) is 7.19. The quantitative estimate of drug-likeness (QED) is 0.351. The molecule has 1 amide bonds. The molecule has 0 heterocycles. The van der Waals surface area contributed by atoms with E-state index in [9.17, 15) is 51.2 Å². The summed E-state index contributed by atoms with van der Waals surface area (Å²) in [4.78, 5) is 34.2. The highest BCUT2D eigenvalue weighted by molar-refractivity contribution is 5.97. The van der Waals surface area contributed by atoms with Crippen LogP contribution in [0, 0.1) is 10.1 Å². The lowest BCUT2D eigenvalue weighted by Gasteiger charge is -2.18. The van der Waals surface area contributed by atoms with Gasteiger partial charge in [0, 0.05) is 29.7 Å². The molecule has 178 valence electrons. The van der Waals surface area contributed by atoms with Gasteiger partial charge in [0.25, 0.3) is 11.6 Å². The third-order valence-corrected chi connectivity index (χ3v) is 4.35. The second-order valence-corrected chi connectivity index (χ2v) is 6.62. The van der Waals surface area contributed by atoms with Crippen molar-refractivity contribution in [3.8, 4) is 5.75 Å². The molecule has 0 spiro atoms. The van der Waals surface area contributed by atoms with Crippen molar-refractivity contribution in [2.24, 2.45) is 0 Å². The molecule has 0 bridgehead atoms. The zero-order valence-corrected chi connectivity index (χ0v) is 16.5. The van der Waals surface area contributed by atoms with Crippen LogP contribution in [0.5, 0.6) is 5.75 Å². The fraction of sp³-hybridized carbons (Fsp3) is 0.263. The van der Waals surface area contributed by atoms with Gasteiger partial charge in [-0.15, -0.1) is 0 Å². The van der Waals surface area contributed by atoms with Gasteiger partial charge in [0.05, 0.1) is 23.2 Å². The number of hydrogen-bond donors (Lipinski definition) is 2. The zero-order valence-electron chi connectivity index (χ0n) is 16.5. The number of carboxylic acid groups (broad SMARTS) is 1. The van der Waals surface area contributed by atoms with Crippen LogP contribution in [0.4, 0.5) is 32.0 Å². The number of nitro benzene ring substituents is 1.